The number of carboxylic acids is 1. The van der Waals surface area contributed by atoms with Crippen molar-refractivity contribution in [1.29, 1.82) is 0 Å². The average Bonchev–Trinajstić information content (AvgIpc) is 2.88. The molecule has 1 N–H and O–H groups in total. The van der Waals surface area contributed by atoms with Crippen molar-refractivity contribution in [3.63, 3.8) is 0 Å². The maximum Gasteiger partial charge on any atom is 0.306 e. The number of carbonyl (C=O) groups is 2. The van der Waals surface area contributed by atoms with Crippen LogP contribution in [0.2, 0.25) is 0 Å². The third-order valence-electron chi connectivity index (χ3n) is 3.57. The summed E-state index contributed by atoms with van der Waals surface area (Å²) < 4.78 is 9.99. The van der Waals surface area contributed by atoms with Crippen LogP contribution < -0.4 is 0 Å². The molecule has 0 unspecified atom stereocenters. The van der Waals surface area contributed by atoms with E-state index in [1.54, 1.807) is 19.1 Å². The number of hydrogen-bond acceptors (Lipinski definition) is 4. The van der Waals surface area contributed by atoms with Gasteiger partial charge in [0.1, 0.15) is 0 Å². The second kappa shape index (κ2) is 8.12. The van der Waals surface area contributed by atoms with Gasteiger partial charge < -0.3 is 19.5 Å². The molecule has 2 atom stereocenters. The summed E-state index contributed by atoms with van der Waals surface area (Å²) in [4.78, 5) is 25.0. The molecule has 1 aliphatic rings. The van der Waals surface area contributed by atoms with E-state index in [0.717, 1.165) is 0 Å². The molecule has 1 fully saturated rings. The summed E-state index contributed by atoms with van der Waals surface area (Å²) >= 11 is 0. The van der Waals surface area contributed by atoms with Crippen molar-refractivity contribution in [2.75, 3.05) is 40.5 Å². The predicted octanol–water partition coefficient (Wildman–Crippen LogP) is 0.609. The smallest absolute Gasteiger partial charge is 0.306 e. The van der Waals surface area contributed by atoms with Crippen molar-refractivity contribution < 1.29 is 24.2 Å². The first-order chi connectivity index (χ1) is 9.10. The number of carbonyl (C=O) groups excluding carboxylic acids is 1. The van der Waals surface area contributed by atoms with Gasteiger partial charge in [0.25, 0.3) is 0 Å². The Morgan fingerprint density at radius 2 is 1.63 bits per heavy atom. The molecule has 6 heteroatoms. The SMILES string of the molecule is COCCN(CCOC)C(=O)[C@@H]1CC[C@H](C(=O)O)C1. The molecule has 0 aromatic carbocycles. The Morgan fingerprint density at radius 3 is 2.05 bits per heavy atom. The summed E-state index contributed by atoms with van der Waals surface area (Å²) in [5.41, 5.74) is 0. The Kier molecular flexibility index (Phi) is 6.80. The molecule has 1 saturated carbocycles. The Morgan fingerprint density at radius 1 is 1.11 bits per heavy atom. The van der Waals surface area contributed by atoms with Crippen LogP contribution in [-0.4, -0.2) is 62.4 Å². The highest BCUT2D eigenvalue weighted by molar-refractivity contribution is 5.81. The van der Waals surface area contributed by atoms with E-state index in [2.05, 4.69) is 0 Å². The van der Waals surface area contributed by atoms with Gasteiger partial charge in [0.05, 0.1) is 19.1 Å². The number of ether oxygens (including phenoxy) is 2. The predicted molar refractivity (Wildman–Crippen MR) is 68.8 cm³/mol. The minimum Gasteiger partial charge on any atom is -0.481 e. The van der Waals surface area contributed by atoms with E-state index < -0.39 is 5.97 Å². The van der Waals surface area contributed by atoms with Crippen molar-refractivity contribution in [2.45, 2.75) is 19.3 Å². The van der Waals surface area contributed by atoms with Crippen LogP contribution in [0.25, 0.3) is 0 Å². The highest BCUT2D eigenvalue weighted by Crippen LogP contribution is 2.32. The molecule has 1 amide bonds. The lowest BCUT2D eigenvalue weighted by Crippen LogP contribution is -2.39. The summed E-state index contributed by atoms with van der Waals surface area (Å²) in [6, 6.07) is 0. The van der Waals surface area contributed by atoms with Gasteiger partial charge in [-0.15, -0.1) is 0 Å². The van der Waals surface area contributed by atoms with Gasteiger partial charge in [-0.1, -0.05) is 0 Å². The fourth-order valence-electron chi connectivity index (χ4n) is 2.42. The third-order valence-corrected chi connectivity index (χ3v) is 3.57. The van der Waals surface area contributed by atoms with E-state index >= 15 is 0 Å². The van der Waals surface area contributed by atoms with Gasteiger partial charge in [-0.25, -0.2) is 0 Å². The first-order valence-corrected chi connectivity index (χ1v) is 6.59. The number of rotatable bonds is 8. The molecule has 0 radical (unpaired) electrons. The second-order valence-electron chi connectivity index (χ2n) is 4.86. The lowest BCUT2D eigenvalue weighted by molar-refractivity contribution is -0.141. The zero-order valence-electron chi connectivity index (χ0n) is 11.6. The summed E-state index contributed by atoms with van der Waals surface area (Å²) in [6.45, 7) is 1.99. The van der Waals surface area contributed by atoms with Crippen molar-refractivity contribution in [3.8, 4) is 0 Å². The third kappa shape index (κ3) is 4.80. The lowest BCUT2D eigenvalue weighted by Gasteiger charge is -2.25. The quantitative estimate of drug-likeness (QED) is 0.701. The number of nitrogens with zero attached hydrogens (tertiary/aromatic N) is 1. The van der Waals surface area contributed by atoms with Crippen LogP contribution in [0.3, 0.4) is 0 Å². The summed E-state index contributed by atoms with van der Waals surface area (Å²) in [6.07, 6.45) is 1.70. The maximum absolute atomic E-state index is 12.3. The Bertz CT molecular complexity index is 299. The highest BCUT2D eigenvalue weighted by atomic mass is 16.5. The molecule has 0 aromatic rings. The summed E-state index contributed by atoms with van der Waals surface area (Å²) in [7, 11) is 3.18. The van der Waals surface area contributed by atoms with Gasteiger partial charge >= 0.3 is 5.97 Å². The Balaban J connectivity index is 2.53. The second-order valence-corrected chi connectivity index (χ2v) is 4.86. The van der Waals surface area contributed by atoms with Crippen LogP contribution >= 0.6 is 0 Å². The van der Waals surface area contributed by atoms with E-state index in [1.807, 2.05) is 0 Å². The van der Waals surface area contributed by atoms with Crippen LogP contribution in [0.1, 0.15) is 19.3 Å². The van der Waals surface area contributed by atoms with Gasteiger partial charge in [-0.05, 0) is 19.3 Å². The van der Waals surface area contributed by atoms with Gasteiger partial charge in [-0.2, -0.15) is 0 Å². The molecule has 0 saturated heterocycles. The highest BCUT2D eigenvalue weighted by Gasteiger charge is 2.35. The fourth-order valence-corrected chi connectivity index (χ4v) is 2.42. The van der Waals surface area contributed by atoms with Gasteiger partial charge in [0.2, 0.25) is 5.91 Å². The van der Waals surface area contributed by atoms with E-state index in [1.165, 1.54) is 0 Å². The standard InChI is InChI=1S/C13H23NO5/c1-18-7-5-14(6-8-19-2)12(15)10-3-4-11(9-10)13(16)17/h10-11H,3-9H2,1-2H3,(H,16,17)/t10-,11+/m1/s1. The number of aliphatic carboxylic acids is 1. The van der Waals surface area contributed by atoms with Crippen molar-refractivity contribution >= 4 is 11.9 Å². The number of hydrogen-bond donors (Lipinski definition) is 1. The van der Waals surface area contributed by atoms with Crippen LogP contribution in [-0.2, 0) is 19.1 Å². The molecule has 6 nitrogen and oxygen atoms in total. The molecular weight excluding hydrogens is 250 g/mol. The van der Waals surface area contributed by atoms with E-state index in [0.29, 0.717) is 45.6 Å². The first kappa shape index (κ1) is 15.9. The van der Waals surface area contributed by atoms with Crippen LogP contribution in [0, 0.1) is 11.8 Å². The molecule has 0 spiro atoms. The average molecular weight is 273 g/mol. The summed E-state index contributed by atoms with van der Waals surface area (Å²) in [5.74, 6) is -1.32. The fraction of sp³-hybridized carbons (Fsp3) is 0.846. The molecule has 110 valence electrons. The van der Waals surface area contributed by atoms with E-state index in [4.69, 9.17) is 14.6 Å². The molecule has 0 heterocycles. The lowest BCUT2D eigenvalue weighted by atomic mass is 10.0. The molecular formula is C13H23NO5. The molecule has 0 aliphatic heterocycles. The topological polar surface area (TPSA) is 76.1 Å². The minimum atomic E-state index is -0.796. The van der Waals surface area contributed by atoms with Crippen molar-refractivity contribution in [2.24, 2.45) is 11.8 Å². The normalized spacial score (nSPS) is 22.4. The first-order valence-electron chi connectivity index (χ1n) is 6.59. The van der Waals surface area contributed by atoms with Crippen LogP contribution in [0.15, 0.2) is 0 Å². The molecule has 1 aliphatic carbocycles. The minimum absolute atomic E-state index is 0.0258. The molecule has 0 bridgehead atoms. The zero-order chi connectivity index (χ0) is 14.3. The number of amides is 1. The Hall–Kier alpha value is -1.14. The van der Waals surface area contributed by atoms with Crippen molar-refractivity contribution in [1.82, 2.24) is 4.90 Å². The van der Waals surface area contributed by atoms with Gasteiger partial charge in [-0.3, -0.25) is 9.59 Å². The number of carboxylic acid groups (broad SMARTS) is 1. The Labute approximate surface area is 113 Å². The molecule has 19 heavy (non-hydrogen) atoms. The van der Waals surface area contributed by atoms with Crippen LogP contribution in [0.4, 0.5) is 0 Å². The van der Waals surface area contributed by atoms with E-state index in [9.17, 15) is 9.59 Å². The number of methoxy groups -OCH3 is 2. The summed E-state index contributed by atoms with van der Waals surface area (Å²) in [5, 5.41) is 8.97. The maximum atomic E-state index is 12.3. The van der Waals surface area contributed by atoms with Gasteiger partial charge in [0.15, 0.2) is 0 Å². The monoisotopic (exact) mass is 273 g/mol. The van der Waals surface area contributed by atoms with Gasteiger partial charge in [0, 0.05) is 33.2 Å². The van der Waals surface area contributed by atoms with Crippen LogP contribution in [0.5, 0.6) is 0 Å². The molecule has 1 rings (SSSR count). The zero-order valence-corrected chi connectivity index (χ0v) is 11.6. The van der Waals surface area contributed by atoms with E-state index in [-0.39, 0.29) is 17.7 Å². The largest absolute Gasteiger partial charge is 0.481 e. The van der Waals surface area contributed by atoms with Crippen molar-refractivity contribution in [3.05, 3.63) is 0 Å². The molecule has 0 aromatic heterocycles.